The van der Waals surface area contributed by atoms with Gasteiger partial charge in [0, 0.05) is 0 Å². The van der Waals surface area contributed by atoms with Gasteiger partial charge in [-0.25, -0.2) is 0 Å². The number of aliphatic carboxylic acids is 1. The number of hydrogen-bond acceptors (Lipinski definition) is 4. The molecule has 6 heteroatoms. The van der Waals surface area contributed by atoms with Gasteiger partial charge in [-0.05, 0) is 19.9 Å². The molecule has 0 bridgehead atoms. The zero-order valence-electron chi connectivity index (χ0n) is 10.1. The Hall–Kier alpha value is -0.690. The maximum atomic E-state index is 9.86. The summed E-state index contributed by atoms with van der Waals surface area (Å²) in [7, 11) is 0. The van der Waals surface area contributed by atoms with Gasteiger partial charge in [0.25, 0.3) is 0 Å². The Labute approximate surface area is 96.9 Å². The molecule has 0 fully saturated rings. The normalized spacial score (nSPS) is 12.8. The van der Waals surface area contributed by atoms with Gasteiger partial charge in [-0.3, -0.25) is 4.79 Å². The Morgan fingerprint density at radius 1 is 1.31 bits per heavy atom. The van der Waals surface area contributed by atoms with Crippen molar-refractivity contribution in [2.45, 2.75) is 51.7 Å². The summed E-state index contributed by atoms with van der Waals surface area (Å²) in [5.74, 6) is -1.18. The molecule has 0 aromatic rings. The van der Waals surface area contributed by atoms with Crippen LogP contribution < -0.4 is 11.5 Å². The first-order chi connectivity index (χ1) is 6.97. The molecule has 0 aromatic heterocycles. The predicted molar refractivity (Wildman–Crippen MR) is 64.1 cm³/mol. The van der Waals surface area contributed by atoms with Crippen LogP contribution in [0.25, 0.3) is 0 Å². The van der Waals surface area contributed by atoms with Gasteiger partial charge in [-0.1, -0.05) is 26.2 Å². The van der Waals surface area contributed by atoms with Crippen molar-refractivity contribution in [1.29, 1.82) is 0 Å². The second kappa shape index (κ2) is 14.3. The quantitative estimate of drug-likeness (QED) is 0.461. The monoisotopic (exact) mass is 238 g/mol. The molecule has 0 aromatic carbocycles. The van der Waals surface area contributed by atoms with Crippen LogP contribution in [0.5, 0.6) is 0 Å². The molecule has 2 unspecified atom stereocenters. The van der Waals surface area contributed by atoms with Gasteiger partial charge in [0.05, 0.1) is 6.10 Å². The van der Waals surface area contributed by atoms with E-state index in [1.165, 1.54) is 32.6 Å². The molecule has 0 heterocycles. The van der Waals surface area contributed by atoms with Crippen LogP contribution in [0.1, 0.15) is 39.5 Å². The second-order valence-electron chi connectivity index (χ2n) is 3.45. The lowest BCUT2D eigenvalue weighted by molar-refractivity contribution is -0.140. The fraction of sp³-hybridized carbons (Fsp3) is 0.900. The van der Waals surface area contributed by atoms with Crippen LogP contribution in [-0.2, 0) is 4.79 Å². The smallest absolute Gasteiger partial charge is 0.323 e. The minimum absolute atomic E-state index is 0. The van der Waals surface area contributed by atoms with Gasteiger partial charge in [0.1, 0.15) is 6.04 Å². The Balaban J connectivity index is -0.000000200. The lowest BCUT2D eigenvalue weighted by Gasteiger charge is -2.06. The van der Waals surface area contributed by atoms with Crippen LogP contribution in [0.4, 0.5) is 0 Å². The third-order valence-electron chi connectivity index (χ3n) is 1.86. The summed E-state index contributed by atoms with van der Waals surface area (Å²) in [6.45, 7) is 4.40. The third kappa shape index (κ3) is 15.8. The van der Waals surface area contributed by atoms with Crippen molar-refractivity contribution in [3.63, 3.8) is 0 Å². The largest absolute Gasteiger partial charge is 0.480 e. The molecule has 8 N–H and O–H groups in total. The zero-order chi connectivity index (χ0) is 12.3. The molecule has 0 rings (SSSR count). The van der Waals surface area contributed by atoms with E-state index in [2.05, 4.69) is 6.92 Å². The van der Waals surface area contributed by atoms with Crippen molar-refractivity contribution in [3.8, 4) is 0 Å². The standard InChI is InChI=1S/C6H15N.C4H9NO3.H2O/c1-2-3-4-5-6-7;1-2(6)3(5)4(7)8;/h2-7H2,1H3;2-3,6H,5H2,1H3,(H,7,8);1H2. The summed E-state index contributed by atoms with van der Waals surface area (Å²) in [5.41, 5.74) is 10.2. The number of rotatable bonds is 6. The fourth-order valence-electron chi connectivity index (χ4n) is 0.777. The summed E-state index contributed by atoms with van der Waals surface area (Å²) in [6.07, 6.45) is 4.19. The Morgan fingerprint density at radius 3 is 2.00 bits per heavy atom. The molecule has 2 atom stereocenters. The van der Waals surface area contributed by atoms with Crippen LogP contribution in [0.2, 0.25) is 0 Å². The van der Waals surface area contributed by atoms with Gasteiger partial charge < -0.3 is 27.2 Å². The average molecular weight is 238 g/mol. The summed E-state index contributed by atoms with van der Waals surface area (Å²) in [4.78, 5) is 9.86. The topological polar surface area (TPSA) is 141 Å². The van der Waals surface area contributed by atoms with E-state index in [9.17, 15) is 4.79 Å². The minimum Gasteiger partial charge on any atom is -0.480 e. The summed E-state index contributed by atoms with van der Waals surface area (Å²) in [5, 5.41) is 16.6. The number of unbranched alkanes of at least 4 members (excludes halogenated alkanes) is 3. The molecular weight excluding hydrogens is 212 g/mol. The fourth-order valence-corrected chi connectivity index (χ4v) is 0.777. The van der Waals surface area contributed by atoms with E-state index < -0.39 is 18.1 Å². The van der Waals surface area contributed by atoms with Crippen LogP contribution in [-0.4, -0.2) is 40.3 Å². The van der Waals surface area contributed by atoms with Crippen LogP contribution >= 0.6 is 0 Å². The van der Waals surface area contributed by atoms with Crippen molar-refractivity contribution in [2.75, 3.05) is 6.54 Å². The number of hydrogen-bond donors (Lipinski definition) is 4. The first-order valence-corrected chi connectivity index (χ1v) is 5.33. The molecule has 100 valence electrons. The molecule has 0 saturated heterocycles. The summed E-state index contributed by atoms with van der Waals surface area (Å²) in [6, 6.07) is -1.16. The first-order valence-electron chi connectivity index (χ1n) is 5.33. The van der Waals surface area contributed by atoms with E-state index in [1.54, 1.807) is 0 Å². The maximum absolute atomic E-state index is 9.86. The first kappa shape index (κ1) is 20.7. The number of carbonyl (C=O) groups is 1. The molecule has 6 nitrogen and oxygen atoms in total. The molecule has 16 heavy (non-hydrogen) atoms. The van der Waals surface area contributed by atoms with Crippen molar-refractivity contribution in [3.05, 3.63) is 0 Å². The molecular formula is C10H26N2O4. The molecule has 0 saturated carbocycles. The lowest BCUT2D eigenvalue weighted by Crippen LogP contribution is -2.39. The summed E-state index contributed by atoms with van der Waals surface area (Å²) < 4.78 is 0. The van der Waals surface area contributed by atoms with Gasteiger partial charge in [0.2, 0.25) is 0 Å². The van der Waals surface area contributed by atoms with Crippen molar-refractivity contribution in [1.82, 2.24) is 0 Å². The van der Waals surface area contributed by atoms with E-state index in [0.717, 1.165) is 6.54 Å². The molecule has 0 aliphatic rings. The van der Waals surface area contributed by atoms with Crippen molar-refractivity contribution < 1.29 is 20.5 Å². The average Bonchev–Trinajstić information content (AvgIpc) is 2.18. The number of aliphatic hydroxyl groups is 1. The minimum atomic E-state index is -1.18. The molecule has 0 radical (unpaired) electrons. The highest BCUT2D eigenvalue weighted by atomic mass is 16.4. The predicted octanol–water partition coefficient (Wildman–Crippen LogP) is -0.520. The number of carboxylic acid groups (broad SMARTS) is 1. The number of aliphatic hydroxyl groups excluding tert-OH is 1. The maximum Gasteiger partial charge on any atom is 0.323 e. The number of nitrogens with two attached hydrogens (primary N) is 2. The highest BCUT2D eigenvalue weighted by Crippen LogP contribution is 1.95. The Kier molecular flexibility index (Phi) is 18.5. The Morgan fingerprint density at radius 2 is 1.81 bits per heavy atom. The lowest BCUT2D eigenvalue weighted by atomic mass is 10.2. The highest BCUT2D eigenvalue weighted by molar-refractivity contribution is 5.73. The van der Waals surface area contributed by atoms with Crippen LogP contribution in [0.3, 0.4) is 0 Å². The third-order valence-corrected chi connectivity index (χ3v) is 1.86. The van der Waals surface area contributed by atoms with Gasteiger partial charge in [-0.15, -0.1) is 0 Å². The second-order valence-corrected chi connectivity index (χ2v) is 3.45. The van der Waals surface area contributed by atoms with Gasteiger partial charge in [-0.2, -0.15) is 0 Å². The molecule has 0 aliphatic heterocycles. The molecule has 0 spiro atoms. The molecule has 0 amide bonds. The van der Waals surface area contributed by atoms with Gasteiger partial charge in [0.15, 0.2) is 0 Å². The van der Waals surface area contributed by atoms with Crippen molar-refractivity contribution >= 4 is 5.97 Å². The van der Waals surface area contributed by atoms with Crippen LogP contribution in [0, 0.1) is 0 Å². The highest BCUT2D eigenvalue weighted by Gasteiger charge is 2.16. The van der Waals surface area contributed by atoms with Crippen molar-refractivity contribution in [2.24, 2.45) is 11.5 Å². The zero-order valence-corrected chi connectivity index (χ0v) is 10.1. The van der Waals surface area contributed by atoms with E-state index >= 15 is 0 Å². The summed E-state index contributed by atoms with van der Waals surface area (Å²) >= 11 is 0. The van der Waals surface area contributed by atoms with E-state index in [4.69, 9.17) is 21.7 Å². The van der Waals surface area contributed by atoms with Gasteiger partial charge >= 0.3 is 5.97 Å². The van der Waals surface area contributed by atoms with E-state index in [-0.39, 0.29) is 5.48 Å². The van der Waals surface area contributed by atoms with E-state index in [0.29, 0.717) is 0 Å². The van der Waals surface area contributed by atoms with E-state index in [1.807, 2.05) is 0 Å². The Bertz CT molecular complexity index is 150. The van der Waals surface area contributed by atoms with Crippen LogP contribution in [0.15, 0.2) is 0 Å². The molecule has 0 aliphatic carbocycles. The SMILES string of the molecule is CC(O)C(N)C(=O)O.CCCCCCN.O. The number of carboxylic acids is 1.